The molecule has 0 aliphatic heterocycles. The average Bonchev–Trinajstić information content (AvgIpc) is 2.60. The van der Waals surface area contributed by atoms with Gasteiger partial charge >= 0.3 is 0 Å². The van der Waals surface area contributed by atoms with Crippen molar-refractivity contribution in [2.45, 2.75) is 50.3 Å². The minimum atomic E-state index is 0.318. The molecule has 2 rings (SSSR count). The molecule has 0 heterocycles. The standard InChI is InChI=1S/C14H19Cl/c1-3-11-4-6-12(7-5-11)14(2)9-8-13(15)10-14/h4-7,13H,3,8-10H2,1-2H3. The summed E-state index contributed by atoms with van der Waals surface area (Å²) in [5, 5.41) is 0.376. The van der Waals surface area contributed by atoms with E-state index in [1.54, 1.807) is 0 Å². The maximum Gasteiger partial charge on any atom is 0.0344 e. The van der Waals surface area contributed by atoms with Gasteiger partial charge in [0, 0.05) is 5.38 Å². The van der Waals surface area contributed by atoms with Gasteiger partial charge in [0.1, 0.15) is 0 Å². The summed E-state index contributed by atoms with van der Waals surface area (Å²) in [6, 6.07) is 9.08. The molecule has 0 spiro atoms. The van der Waals surface area contributed by atoms with Gasteiger partial charge in [0.25, 0.3) is 0 Å². The van der Waals surface area contributed by atoms with Crippen LogP contribution >= 0.6 is 11.6 Å². The second-order valence-electron chi connectivity index (χ2n) is 4.95. The van der Waals surface area contributed by atoms with Crippen LogP contribution in [0.1, 0.15) is 44.2 Å². The summed E-state index contributed by atoms with van der Waals surface area (Å²) in [5.41, 5.74) is 3.20. The van der Waals surface area contributed by atoms with Crippen molar-refractivity contribution in [3.05, 3.63) is 35.4 Å². The van der Waals surface area contributed by atoms with E-state index >= 15 is 0 Å². The van der Waals surface area contributed by atoms with Gasteiger partial charge in [-0.1, -0.05) is 38.1 Å². The molecule has 1 aliphatic carbocycles. The van der Waals surface area contributed by atoms with Crippen molar-refractivity contribution < 1.29 is 0 Å². The maximum absolute atomic E-state index is 6.21. The Kier molecular flexibility index (Phi) is 3.06. The van der Waals surface area contributed by atoms with E-state index in [0.29, 0.717) is 10.8 Å². The molecular formula is C14H19Cl. The molecule has 0 radical (unpaired) electrons. The molecule has 1 fully saturated rings. The first kappa shape index (κ1) is 11.0. The van der Waals surface area contributed by atoms with Gasteiger partial charge in [0.15, 0.2) is 0 Å². The van der Waals surface area contributed by atoms with E-state index in [4.69, 9.17) is 11.6 Å². The fourth-order valence-corrected chi connectivity index (χ4v) is 3.02. The smallest absolute Gasteiger partial charge is 0.0344 e. The molecule has 0 amide bonds. The first-order valence-corrected chi connectivity index (χ1v) is 6.31. The predicted molar refractivity (Wildman–Crippen MR) is 66.7 cm³/mol. The summed E-state index contributed by atoms with van der Waals surface area (Å²) < 4.78 is 0. The van der Waals surface area contributed by atoms with Crippen LogP contribution in [0, 0.1) is 0 Å². The Balaban J connectivity index is 2.22. The SMILES string of the molecule is CCc1ccc(C2(C)CCC(Cl)C2)cc1. The van der Waals surface area contributed by atoms with Crippen LogP contribution in [0.5, 0.6) is 0 Å². The molecule has 0 bridgehead atoms. The molecule has 1 heteroatoms. The highest BCUT2D eigenvalue weighted by Crippen LogP contribution is 2.42. The second-order valence-corrected chi connectivity index (χ2v) is 5.57. The van der Waals surface area contributed by atoms with Gasteiger partial charge < -0.3 is 0 Å². The lowest BCUT2D eigenvalue weighted by molar-refractivity contribution is 0.492. The van der Waals surface area contributed by atoms with Crippen LogP contribution in [0.4, 0.5) is 0 Å². The van der Waals surface area contributed by atoms with Crippen molar-refractivity contribution >= 4 is 11.6 Å². The Labute approximate surface area is 97.6 Å². The Morgan fingerprint density at radius 2 is 2.00 bits per heavy atom. The Bertz CT molecular complexity index is 328. The van der Waals surface area contributed by atoms with E-state index in [9.17, 15) is 0 Å². The highest BCUT2D eigenvalue weighted by atomic mass is 35.5. The lowest BCUT2D eigenvalue weighted by atomic mass is 9.81. The molecule has 2 unspecified atom stereocenters. The molecule has 0 nitrogen and oxygen atoms in total. The highest BCUT2D eigenvalue weighted by Gasteiger charge is 2.35. The van der Waals surface area contributed by atoms with E-state index in [1.807, 2.05) is 0 Å². The molecule has 1 aromatic carbocycles. The van der Waals surface area contributed by atoms with E-state index in [0.717, 1.165) is 19.3 Å². The van der Waals surface area contributed by atoms with Crippen molar-refractivity contribution in [3.63, 3.8) is 0 Å². The fraction of sp³-hybridized carbons (Fsp3) is 0.571. The minimum absolute atomic E-state index is 0.318. The summed E-state index contributed by atoms with van der Waals surface area (Å²) in [7, 11) is 0. The third-order valence-electron chi connectivity index (χ3n) is 3.74. The number of aryl methyl sites for hydroxylation is 1. The first-order valence-electron chi connectivity index (χ1n) is 5.87. The zero-order chi connectivity index (χ0) is 10.9. The van der Waals surface area contributed by atoms with Crippen molar-refractivity contribution in [2.75, 3.05) is 0 Å². The molecule has 82 valence electrons. The van der Waals surface area contributed by atoms with Gasteiger partial charge in [0.2, 0.25) is 0 Å². The number of benzene rings is 1. The third kappa shape index (κ3) is 2.20. The molecule has 1 aromatic rings. The van der Waals surface area contributed by atoms with Crippen molar-refractivity contribution in [1.29, 1.82) is 0 Å². The normalized spacial score (nSPS) is 30.7. The average molecular weight is 223 g/mol. The molecule has 0 N–H and O–H groups in total. The summed E-state index contributed by atoms with van der Waals surface area (Å²) in [4.78, 5) is 0. The van der Waals surface area contributed by atoms with E-state index in [-0.39, 0.29) is 0 Å². The summed E-state index contributed by atoms with van der Waals surface area (Å²) >= 11 is 6.21. The third-order valence-corrected chi connectivity index (χ3v) is 4.11. The summed E-state index contributed by atoms with van der Waals surface area (Å²) in [6.45, 7) is 4.54. The number of hydrogen-bond donors (Lipinski definition) is 0. The van der Waals surface area contributed by atoms with E-state index in [1.165, 1.54) is 17.5 Å². The molecule has 1 saturated carbocycles. The zero-order valence-corrected chi connectivity index (χ0v) is 10.3. The quantitative estimate of drug-likeness (QED) is 0.655. The lowest BCUT2D eigenvalue weighted by Crippen LogP contribution is -2.17. The molecule has 0 saturated heterocycles. The van der Waals surface area contributed by atoms with E-state index in [2.05, 4.69) is 38.1 Å². The lowest BCUT2D eigenvalue weighted by Gasteiger charge is -2.24. The Hall–Kier alpha value is -0.490. The van der Waals surface area contributed by atoms with Gasteiger partial charge in [-0.05, 0) is 42.2 Å². The van der Waals surface area contributed by atoms with Gasteiger partial charge in [-0.25, -0.2) is 0 Å². The topological polar surface area (TPSA) is 0 Å². The predicted octanol–water partition coefficient (Wildman–Crippen LogP) is 4.30. The number of alkyl halides is 1. The molecule has 0 aromatic heterocycles. The number of rotatable bonds is 2. The van der Waals surface area contributed by atoms with Crippen molar-refractivity contribution in [3.8, 4) is 0 Å². The van der Waals surface area contributed by atoms with Crippen LogP contribution in [-0.4, -0.2) is 5.38 Å². The van der Waals surface area contributed by atoms with Crippen LogP contribution in [0.3, 0.4) is 0 Å². The second kappa shape index (κ2) is 4.17. The molecular weight excluding hydrogens is 204 g/mol. The Morgan fingerprint density at radius 3 is 2.47 bits per heavy atom. The number of hydrogen-bond acceptors (Lipinski definition) is 0. The summed E-state index contributed by atoms with van der Waals surface area (Å²) in [6.07, 6.45) is 4.63. The fourth-order valence-electron chi connectivity index (χ4n) is 2.57. The van der Waals surface area contributed by atoms with Crippen LogP contribution in [0.15, 0.2) is 24.3 Å². The zero-order valence-electron chi connectivity index (χ0n) is 9.59. The van der Waals surface area contributed by atoms with Gasteiger partial charge in [-0.3, -0.25) is 0 Å². The van der Waals surface area contributed by atoms with Crippen molar-refractivity contribution in [1.82, 2.24) is 0 Å². The largest absolute Gasteiger partial charge is 0.123 e. The van der Waals surface area contributed by atoms with E-state index < -0.39 is 0 Å². The van der Waals surface area contributed by atoms with Crippen LogP contribution in [0.2, 0.25) is 0 Å². The minimum Gasteiger partial charge on any atom is -0.123 e. The summed E-state index contributed by atoms with van der Waals surface area (Å²) in [5.74, 6) is 0. The van der Waals surface area contributed by atoms with Gasteiger partial charge in [-0.15, -0.1) is 11.6 Å². The van der Waals surface area contributed by atoms with Gasteiger partial charge in [0.05, 0.1) is 0 Å². The highest BCUT2D eigenvalue weighted by molar-refractivity contribution is 6.20. The van der Waals surface area contributed by atoms with Gasteiger partial charge in [-0.2, -0.15) is 0 Å². The van der Waals surface area contributed by atoms with Crippen LogP contribution < -0.4 is 0 Å². The number of halogens is 1. The molecule has 1 aliphatic rings. The monoisotopic (exact) mass is 222 g/mol. The van der Waals surface area contributed by atoms with Crippen LogP contribution in [0.25, 0.3) is 0 Å². The molecule has 2 atom stereocenters. The van der Waals surface area contributed by atoms with Crippen LogP contribution in [-0.2, 0) is 11.8 Å². The maximum atomic E-state index is 6.21. The Morgan fingerprint density at radius 1 is 1.33 bits per heavy atom. The first-order chi connectivity index (χ1) is 7.14. The van der Waals surface area contributed by atoms with Crippen molar-refractivity contribution in [2.24, 2.45) is 0 Å². The molecule has 15 heavy (non-hydrogen) atoms.